The van der Waals surface area contributed by atoms with E-state index in [2.05, 4.69) is 17.6 Å². The van der Waals surface area contributed by atoms with Gasteiger partial charge in [-0.25, -0.2) is 4.79 Å². The average Bonchev–Trinajstić information content (AvgIpc) is 2.41. The molecule has 1 aromatic rings. The van der Waals surface area contributed by atoms with E-state index in [0.29, 0.717) is 12.6 Å². The summed E-state index contributed by atoms with van der Waals surface area (Å²) in [6, 6.07) is 7.83. The van der Waals surface area contributed by atoms with Gasteiger partial charge in [-0.05, 0) is 49.3 Å². The van der Waals surface area contributed by atoms with Crippen LogP contribution < -0.4 is 16.4 Å². The lowest BCUT2D eigenvalue weighted by Crippen LogP contribution is -2.39. The van der Waals surface area contributed by atoms with Crippen molar-refractivity contribution in [1.29, 1.82) is 0 Å². The number of carbonyl (C=O) groups excluding carboxylic acids is 1. The van der Waals surface area contributed by atoms with Gasteiger partial charge in [0.05, 0.1) is 0 Å². The Labute approximate surface area is 114 Å². The number of urea groups is 1. The fraction of sp³-hybridized carbons (Fsp3) is 0.533. The van der Waals surface area contributed by atoms with Gasteiger partial charge in [0, 0.05) is 18.3 Å². The summed E-state index contributed by atoms with van der Waals surface area (Å²) in [6.07, 6.45) is 4.57. The van der Waals surface area contributed by atoms with Gasteiger partial charge in [-0.15, -0.1) is 0 Å². The fourth-order valence-corrected chi connectivity index (χ4v) is 2.53. The summed E-state index contributed by atoms with van der Waals surface area (Å²) >= 11 is 0. The van der Waals surface area contributed by atoms with Crippen LogP contribution in [0.25, 0.3) is 0 Å². The number of nitrogens with one attached hydrogen (secondary N) is 2. The molecule has 0 radical (unpaired) electrons. The molecule has 1 aliphatic carbocycles. The van der Waals surface area contributed by atoms with E-state index in [1.807, 2.05) is 24.3 Å². The first-order valence-corrected chi connectivity index (χ1v) is 7.04. The van der Waals surface area contributed by atoms with Gasteiger partial charge in [0.1, 0.15) is 0 Å². The minimum atomic E-state index is -0.117. The largest absolute Gasteiger partial charge is 0.335 e. The van der Waals surface area contributed by atoms with Crippen LogP contribution in [0, 0.1) is 5.92 Å². The molecule has 0 aliphatic heterocycles. The maximum absolute atomic E-state index is 11.9. The molecule has 0 saturated heterocycles. The smallest absolute Gasteiger partial charge is 0.319 e. The van der Waals surface area contributed by atoms with Crippen molar-refractivity contribution >= 4 is 11.7 Å². The van der Waals surface area contributed by atoms with Gasteiger partial charge in [0.15, 0.2) is 0 Å². The first kappa shape index (κ1) is 13.9. The van der Waals surface area contributed by atoms with Gasteiger partial charge in [-0.2, -0.15) is 0 Å². The zero-order chi connectivity index (χ0) is 13.7. The summed E-state index contributed by atoms with van der Waals surface area (Å²) in [4.78, 5) is 11.9. The van der Waals surface area contributed by atoms with Gasteiger partial charge in [0.2, 0.25) is 0 Å². The lowest BCUT2D eigenvalue weighted by molar-refractivity contribution is 0.239. The molecule has 104 valence electrons. The van der Waals surface area contributed by atoms with Gasteiger partial charge >= 0.3 is 6.03 Å². The molecule has 0 aromatic heterocycles. The molecule has 2 rings (SSSR count). The molecule has 4 nitrogen and oxygen atoms in total. The highest BCUT2D eigenvalue weighted by atomic mass is 16.2. The van der Waals surface area contributed by atoms with Gasteiger partial charge in [-0.1, -0.05) is 19.1 Å². The van der Waals surface area contributed by atoms with Crippen LogP contribution in [0.4, 0.5) is 10.5 Å². The summed E-state index contributed by atoms with van der Waals surface area (Å²) in [5, 5.41) is 5.91. The Kier molecular flexibility index (Phi) is 4.80. The Bertz CT molecular complexity index is 425. The molecule has 1 aromatic carbocycles. The molecule has 0 heterocycles. The number of hydrogen-bond acceptors (Lipinski definition) is 2. The molecule has 1 saturated carbocycles. The van der Waals surface area contributed by atoms with Crippen molar-refractivity contribution in [2.24, 2.45) is 11.7 Å². The van der Waals surface area contributed by atoms with Gasteiger partial charge < -0.3 is 16.4 Å². The van der Waals surface area contributed by atoms with E-state index in [9.17, 15) is 4.79 Å². The minimum absolute atomic E-state index is 0.117. The summed E-state index contributed by atoms with van der Waals surface area (Å²) < 4.78 is 0. The Morgan fingerprint density at radius 2 is 2.05 bits per heavy atom. The van der Waals surface area contributed by atoms with Gasteiger partial charge in [-0.3, -0.25) is 0 Å². The summed E-state index contributed by atoms with van der Waals surface area (Å²) in [5.41, 5.74) is 7.40. The zero-order valence-electron chi connectivity index (χ0n) is 11.5. The van der Waals surface area contributed by atoms with Crippen LogP contribution in [0.15, 0.2) is 24.3 Å². The Morgan fingerprint density at radius 3 is 2.74 bits per heavy atom. The van der Waals surface area contributed by atoms with Crippen LogP contribution in [-0.2, 0) is 6.54 Å². The first-order valence-electron chi connectivity index (χ1n) is 7.04. The van der Waals surface area contributed by atoms with Gasteiger partial charge in [0.25, 0.3) is 0 Å². The second-order valence-electron chi connectivity index (χ2n) is 5.46. The molecule has 0 unspecified atom stereocenters. The Balaban J connectivity index is 1.83. The normalized spacial score (nSPS) is 22.8. The van der Waals surface area contributed by atoms with Crippen molar-refractivity contribution in [1.82, 2.24) is 5.32 Å². The third-order valence-electron chi connectivity index (χ3n) is 3.77. The van der Waals surface area contributed by atoms with Crippen molar-refractivity contribution in [2.75, 3.05) is 5.32 Å². The number of rotatable bonds is 3. The van der Waals surface area contributed by atoms with Crippen LogP contribution >= 0.6 is 0 Å². The number of amides is 2. The summed E-state index contributed by atoms with van der Waals surface area (Å²) in [7, 11) is 0. The summed E-state index contributed by atoms with van der Waals surface area (Å²) in [6.45, 7) is 2.76. The molecular formula is C15H23N3O. The number of carbonyl (C=O) groups is 1. The quantitative estimate of drug-likeness (QED) is 0.783. The van der Waals surface area contributed by atoms with Crippen LogP contribution in [0.3, 0.4) is 0 Å². The second kappa shape index (κ2) is 6.57. The first-order chi connectivity index (χ1) is 9.17. The lowest BCUT2D eigenvalue weighted by Gasteiger charge is -2.26. The topological polar surface area (TPSA) is 67.2 Å². The lowest BCUT2D eigenvalue weighted by atomic mass is 9.87. The van der Waals surface area contributed by atoms with Crippen molar-refractivity contribution < 1.29 is 4.79 Å². The van der Waals surface area contributed by atoms with E-state index in [0.717, 1.165) is 30.0 Å². The van der Waals surface area contributed by atoms with E-state index in [4.69, 9.17) is 5.73 Å². The van der Waals surface area contributed by atoms with Crippen LogP contribution in [-0.4, -0.2) is 12.1 Å². The maximum Gasteiger partial charge on any atom is 0.319 e. The molecule has 1 aliphatic rings. The van der Waals surface area contributed by atoms with Crippen molar-refractivity contribution in [2.45, 2.75) is 45.2 Å². The number of hydrogen-bond donors (Lipinski definition) is 3. The van der Waals surface area contributed by atoms with E-state index >= 15 is 0 Å². The number of nitrogens with two attached hydrogens (primary N) is 1. The third kappa shape index (κ3) is 4.24. The van der Waals surface area contributed by atoms with E-state index in [-0.39, 0.29) is 6.03 Å². The van der Waals surface area contributed by atoms with E-state index in [1.165, 1.54) is 12.8 Å². The highest BCUT2D eigenvalue weighted by molar-refractivity contribution is 5.89. The fourth-order valence-electron chi connectivity index (χ4n) is 2.53. The highest BCUT2D eigenvalue weighted by Gasteiger charge is 2.19. The van der Waals surface area contributed by atoms with Crippen LogP contribution in [0.2, 0.25) is 0 Å². The predicted molar refractivity (Wildman–Crippen MR) is 77.9 cm³/mol. The van der Waals surface area contributed by atoms with Crippen molar-refractivity contribution in [3.63, 3.8) is 0 Å². The monoisotopic (exact) mass is 261 g/mol. The predicted octanol–water partition coefficient (Wildman–Crippen LogP) is 2.85. The second-order valence-corrected chi connectivity index (χ2v) is 5.46. The Hall–Kier alpha value is -1.55. The van der Waals surface area contributed by atoms with E-state index in [1.54, 1.807) is 0 Å². The molecule has 1 fully saturated rings. The minimum Gasteiger partial charge on any atom is -0.335 e. The van der Waals surface area contributed by atoms with Crippen molar-refractivity contribution in [3.05, 3.63) is 29.8 Å². The molecule has 0 atom stereocenters. The van der Waals surface area contributed by atoms with Crippen LogP contribution in [0.1, 0.15) is 38.2 Å². The molecule has 0 bridgehead atoms. The Morgan fingerprint density at radius 1 is 1.32 bits per heavy atom. The zero-order valence-corrected chi connectivity index (χ0v) is 11.5. The van der Waals surface area contributed by atoms with E-state index < -0.39 is 0 Å². The maximum atomic E-state index is 11.9. The standard InChI is InChI=1S/C15H23N3O/c1-11-5-7-13(8-6-11)17-15(19)18-14-4-2-3-12(9-14)10-16/h2-4,9,11,13H,5-8,10,16H2,1H3,(H2,17,18,19). The molecule has 19 heavy (non-hydrogen) atoms. The highest BCUT2D eigenvalue weighted by Crippen LogP contribution is 2.23. The molecule has 2 amide bonds. The SMILES string of the molecule is CC1CCC(NC(=O)Nc2cccc(CN)c2)CC1. The molecule has 4 heteroatoms. The molecular weight excluding hydrogens is 238 g/mol. The molecule has 0 spiro atoms. The number of anilines is 1. The van der Waals surface area contributed by atoms with Crippen molar-refractivity contribution in [3.8, 4) is 0 Å². The summed E-state index contributed by atoms with van der Waals surface area (Å²) in [5.74, 6) is 0.794. The average molecular weight is 261 g/mol. The van der Waals surface area contributed by atoms with Crippen LogP contribution in [0.5, 0.6) is 0 Å². The number of benzene rings is 1. The molecule has 4 N–H and O–H groups in total. The third-order valence-corrected chi connectivity index (χ3v) is 3.77.